The second-order valence-electron chi connectivity index (χ2n) is 6.51. The Bertz CT molecular complexity index is 423. The molecule has 2 heteroatoms. The zero-order chi connectivity index (χ0) is 14.0. The molecule has 1 aliphatic carbocycles. The predicted molar refractivity (Wildman–Crippen MR) is 77.9 cm³/mol. The molecule has 0 spiro atoms. The minimum Gasteiger partial charge on any atom is -0.390 e. The first kappa shape index (κ1) is 14.5. The summed E-state index contributed by atoms with van der Waals surface area (Å²) in [4.78, 5) is 0. The molecule has 106 valence electrons. The van der Waals surface area contributed by atoms with E-state index in [-0.39, 0.29) is 11.8 Å². The third kappa shape index (κ3) is 3.18. The van der Waals surface area contributed by atoms with Crippen LogP contribution in [0, 0.1) is 11.8 Å². The van der Waals surface area contributed by atoms with Crippen LogP contribution in [0.3, 0.4) is 0 Å². The first-order chi connectivity index (χ1) is 8.92. The average molecular weight is 262 g/mol. The molecule has 0 fully saturated rings. The highest BCUT2D eigenvalue weighted by Crippen LogP contribution is 2.39. The van der Waals surface area contributed by atoms with Crippen LogP contribution in [0.4, 0.5) is 0 Å². The van der Waals surface area contributed by atoms with E-state index in [9.17, 15) is 10.2 Å². The van der Waals surface area contributed by atoms with Crippen LogP contribution in [0.25, 0.3) is 0 Å². The quantitative estimate of drug-likeness (QED) is 0.819. The molecular weight excluding hydrogens is 236 g/mol. The van der Waals surface area contributed by atoms with E-state index in [4.69, 9.17) is 0 Å². The second-order valence-corrected chi connectivity index (χ2v) is 6.51. The van der Waals surface area contributed by atoms with Gasteiger partial charge in [0.15, 0.2) is 0 Å². The Morgan fingerprint density at radius 1 is 1.32 bits per heavy atom. The summed E-state index contributed by atoms with van der Waals surface area (Å²) < 4.78 is 0. The molecule has 0 aliphatic heterocycles. The molecule has 3 unspecified atom stereocenters. The van der Waals surface area contributed by atoms with Gasteiger partial charge in [0.2, 0.25) is 0 Å². The Morgan fingerprint density at radius 3 is 2.68 bits per heavy atom. The third-order valence-electron chi connectivity index (χ3n) is 4.76. The number of fused-ring (bicyclic) bond motifs is 1. The van der Waals surface area contributed by atoms with E-state index in [1.165, 1.54) is 5.56 Å². The molecule has 19 heavy (non-hydrogen) atoms. The lowest BCUT2D eigenvalue weighted by Gasteiger charge is -2.33. The van der Waals surface area contributed by atoms with Crippen molar-refractivity contribution in [2.45, 2.75) is 58.2 Å². The van der Waals surface area contributed by atoms with Gasteiger partial charge in [0.1, 0.15) is 0 Å². The van der Waals surface area contributed by atoms with Gasteiger partial charge in [-0.2, -0.15) is 0 Å². The van der Waals surface area contributed by atoms with Crippen LogP contribution in [0.15, 0.2) is 24.3 Å². The van der Waals surface area contributed by atoms with Crippen LogP contribution in [0.5, 0.6) is 0 Å². The Hall–Kier alpha value is -0.860. The predicted octanol–water partition coefficient (Wildman–Crippen LogP) is 3.47. The SMILES string of the molecule is CC(C)C(C)(O)CC1CCCc2ccccc2C1O. The van der Waals surface area contributed by atoms with Crippen molar-refractivity contribution in [3.05, 3.63) is 35.4 Å². The molecule has 2 nitrogen and oxygen atoms in total. The average Bonchev–Trinajstić information content (AvgIpc) is 2.50. The molecular formula is C17H26O2. The summed E-state index contributed by atoms with van der Waals surface area (Å²) >= 11 is 0. The smallest absolute Gasteiger partial charge is 0.0821 e. The first-order valence-corrected chi connectivity index (χ1v) is 7.40. The summed E-state index contributed by atoms with van der Waals surface area (Å²) in [6, 6.07) is 8.17. The summed E-state index contributed by atoms with van der Waals surface area (Å²) in [5.41, 5.74) is 1.62. The van der Waals surface area contributed by atoms with Crippen molar-refractivity contribution in [1.29, 1.82) is 0 Å². The third-order valence-corrected chi connectivity index (χ3v) is 4.76. The monoisotopic (exact) mass is 262 g/mol. The van der Waals surface area contributed by atoms with E-state index in [0.29, 0.717) is 6.42 Å². The molecule has 0 heterocycles. The molecule has 2 rings (SSSR count). The summed E-state index contributed by atoms with van der Waals surface area (Å²) in [5.74, 6) is 0.360. The van der Waals surface area contributed by atoms with Gasteiger partial charge in [-0.1, -0.05) is 38.1 Å². The second kappa shape index (κ2) is 5.64. The van der Waals surface area contributed by atoms with Crippen LogP contribution in [-0.2, 0) is 6.42 Å². The van der Waals surface area contributed by atoms with E-state index >= 15 is 0 Å². The van der Waals surface area contributed by atoms with Gasteiger partial charge in [-0.05, 0) is 55.6 Å². The van der Waals surface area contributed by atoms with Gasteiger partial charge < -0.3 is 10.2 Å². The van der Waals surface area contributed by atoms with Crippen molar-refractivity contribution >= 4 is 0 Å². The van der Waals surface area contributed by atoms with Gasteiger partial charge in [-0.3, -0.25) is 0 Å². The van der Waals surface area contributed by atoms with Crippen molar-refractivity contribution in [3.8, 4) is 0 Å². The fourth-order valence-corrected chi connectivity index (χ4v) is 3.00. The normalized spacial score (nSPS) is 26.6. The maximum atomic E-state index is 10.6. The van der Waals surface area contributed by atoms with Crippen molar-refractivity contribution in [3.63, 3.8) is 0 Å². The maximum Gasteiger partial charge on any atom is 0.0821 e. The number of hydrogen-bond acceptors (Lipinski definition) is 2. The molecule has 1 aromatic rings. The molecule has 1 aliphatic rings. The van der Waals surface area contributed by atoms with Gasteiger partial charge in [0.05, 0.1) is 11.7 Å². The zero-order valence-corrected chi connectivity index (χ0v) is 12.3. The Morgan fingerprint density at radius 2 is 2.00 bits per heavy atom. The van der Waals surface area contributed by atoms with Crippen LogP contribution in [0.2, 0.25) is 0 Å². The van der Waals surface area contributed by atoms with Gasteiger partial charge in [-0.15, -0.1) is 0 Å². The highest BCUT2D eigenvalue weighted by molar-refractivity contribution is 5.30. The molecule has 1 aromatic carbocycles. The Labute approximate surface area is 116 Å². The highest BCUT2D eigenvalue weighted by Gasteiger charge is 2.34. The molecule has 0 saturated heterocycles. The fourth-order valence-electron chi connectivity index (χ4n) is 3.00. The van der Waals surface area contributed by atoms with Crippen LogP contribution in [0.1, 0.15) is 57.3 Å². The zero-order valence-electron chi connectivity index (χ0n) is 12.3. The van der Waals surface area contributed by atoms with E-state index in [2.05, 4.69) is 6.07 Å². The number of hydrogen-bond donors (Lipinski definition) is 2. The van der Waals surface area contributed by atoms with E-state index < -0.39 is 11.7 Å². The van der Waals surface area contributed by atoms with Crippen LogP contribution < -0.4 is 0 Å². The lowest BCUT2D eigenvalue weighted by atomic mass is 9.79. The first-order valence-electron chi connectivity index (χ1n) is 7.40. The lowest BCUT2D eigenvalue weighted by molar-refractivity contribution is -0.0335. The molecule has 0 aromatic heterocycles. The van der Waals surface area contributed by atoms with Crippen molar-refractivity contribution in [2.24, 2.45) is 11.8 Å². The lowest BCUT2D eigenvalue weighted by Crippen LogP contribution is -2.35. The van der Waals surface area contributed by atoms with Crippen molar-refractivity contribution in [1.82, 2.24) is 0 Å². The van der Waals surface area contributed by atoms with Crippen molar-refractivity contribution in [2.75, 3.05) is 0 Å². The number of rotatable bonds is 3. The molecule has 0 bridgehead atoms. The molecule has 3 atom stereocenters. The van der Waals surface area contributed by atoms with Crippen LogP contribution in [-0.4, -0.2) is 15.8 Å². The van der Waals surface area contributed by atoms with Crippen LogP contribution >= 0.6 is 0 Å². The molecule has 0 radical (unpaired) electrons. The number of aliphatic hydroxyl groups is 2. The van der Waals surface area contributed by atoms with E-state index in [0.717, 1.165) is 24.8 Å². The molecule has 2 N–H and O–H groups in total. The van der Waals surface area contributed by atoms with Gasteiger partial charge >= 0.3 is 0 Å². The highest BCUT2D eigenvalue weighted by atomic mass is 16.3. The largest absolute Gasteiger partial charge is 0.390 e. The van der Waals surface area contributed by atoms with E-state index in [1.807, 2.05) is 39.0 Å². The van der Waals surface area contributed by atoms with Crippen molar-refractivity contribution < 1.29 is 10.2 Å². The van der Waals surface area contributed by atoms with Gasteiger partial charge in [0, 0.05) is 0 Å². The summed E-state index contributed by atoms with van der Waals surface area (Å²) in [6.45, 7) is 5.97. The van der Waals surface area contributed by atoms with E-state index in [1.54, 1.807) is 0 Å². The van der Waals surface area contributed by atoms with Gasteiger partial charge in [-0.25, -0.2) is 0 Å². The minimum atomic E-state index is -0.703. The maximum absolute atomic E-state index is 10.6. The summed E-state index contributed by atoms with van der Waals surface area (Å²) in [7, 11) is 0. The number of aryl methyl sites for hydroxylation is 1. The fraction of sp³-hybridized carbons (Fsp3) is 0.647. The Kier molecular flexibility index (Phi) is 4.32. The summed E-state index contributed by atoms with van der Waals surface area (Å²) in [6.07, 6.45) is 3.34. The minimum absolute atomic E-state index is 0.154. The number of benzene rings is 1. The van der Waals surface area contributed by atoms with Gasteiger partial charge in [0.25, 0.3) is 0 Å². The standard InChI is InChI=1S/C17H26O2/c1-12(2)17(3,19)11-14-9-6-8-13-7-4-5-10-15(13)16(14)18/h4-5,7,10,12,14,16,18-19H,6,8-9,11H2,1-3H3. The Balaban J connectivity index is 2.20. The summed E-state index contributed by atoms with van der Waals surface area (Å²) in [5, 5.41) is 21.1. The topological polar surface area (TPSA) is 40.5 Å². The molecule has 0 saturated carbocycles. The molecule has 0 amide bonds. The number of aliphatic hydroxyl groups excluding tert-OH is 1.